The zero-order valence-electron chi connectivity index (χ0n) is 16.0. The smallest absolute Gasteiger partial charge is 0.114 e. The molecule has 2 nitrogen and oxygen atoms in total. The number of nitrogens with zero attached hydrogens (tertiary/aromatic N) is 2. The summed E-state index contributed by atoms with van der Waals surface area (Å²) in [4.78, 5) is 4.91. The molecule has 2 aliphatic heterocycles. The van der Waals surface area contributed by atoms with Crippen LogP contribution in [-0.4, -0.2) is 18.1 Å². The van der Waals surface area contributed by atoms with E-state index in [0.29, 0.717) is 6.17 Å². The largest absolute Gasteiger partial charge is 0.358 e. The van der Waals surface area contributed by atoms with Crippen molar-refractivity contribution in [2.45, 2.75) is 66.0 Å². The Labute approximate surface area is 147 Å². The molecular weight excluding hydrogens is 292 g/mol. The Hall–Kier alpha value is -1.70. The molecule has 0 saturated heterocycles. The molecule has 1 atom stereocenters. The highest BCUT2D eigenvalue weighted by atomic mass is 15.4. The summed E-state index contributed by atoms with van der Waals surface area (Å²) in [6.07, 6.45) is 13.4. The third kappa shape index (κ3) is 2.66. The van der Waals surface area contributed by atoms with Crippen LogP contribution in [0.25, 0.3) is 5.57 Å². The maximum Gasteiger partial charge on any atom is 0.114 e. The summed E-state index contributed by atoms with van der Waals surface area (Å²) in [5.74, 6) is 0. The Bertz CT molecular complexity index is 652. The van der Waals surface area contributed by atoms with Crippen LogP contribution >= 0.6 is 0 Å². The van der Waals surface area contributed by atoms with Gasteiger partial charge in [0, 0.05) is 30.4 Å². The van der Waals surface area contributed by atoms with Crippen molar-refractivity contribution in [1.82, 2.24) is 4.90 Å². The molecule has 0 radical (unpaired) electrons. The first-order valence-corrected chi connectivity index (χ1v) is 9.57. The van der Waals surface area contributed by atoms with Gasteiger partial charge in [-0.25, -0.2) is 0 Å². The summed E-state index contributed by atoms with van der Waals surface area (Å²) in [5.41, 5.74) is 5.85. The second kappa shape index (κ2) is 6.66. The molecule has 0 fully saturated rings. The van der Waals surface area contributed by atoms with Gasteiger partial charge in [-0.1, -0.05) is 45.4 Å². The molecule has 2 heteroatoms. The first-order chi connectivity index (χ1) is 11.6. The van der Waals surface area contributed by atoms with E-state index >= 15 is 0 Å². The zero-order chi connectivity index (χ0) is 17.3. The predicted molar refractivity (Wildman–Crippen MR) is 105 cm³/mol. The van der Waals surface area contributed by atoms with E-state index in [9.17, 15) is 0 Å². The molecule has 2 aliphatic rings. The Morgan fingerprint density at radius 3 is 2.50 bits per heavy atom. The van der Waals surface area contributed by atoms with Gasteiger partial charge in [-0.2, -0.15) is 0 Å². The molecule has 0 N–H and O–H groups in total. The lowest BCUT2D eigenvalue weighted by molar-refractivity contribution is 0.171. The van der Waals surface area contributed by atoms with E-state index in [4.69, 9.17) is 0 Å². The molecule has 24 heavy (non-hydrogen) atoms. The van der Waals surface area contributed by atoms with E-state index in [2.05, 4.69) is 81.2 Å². The normalized spacial score (nSPS) is 21.4. The van der Waals surface area contributed by atoms with Gasteiger partial charge in [-0.05, 0) is 49.8 Å². The number of hydrogen-bond acceptors (Lipinski definition) is 2. The Morgan fingerprint density at radius 1 is 1.08 bits per heavy atom. The fourth-order valence-corrected chi connectivity index (χ4v) is 4.49. The average Bonchev–Trinajstić information content (AvgIpc) is 2.95. The van der Waals surface area contributed by atoms with Gasteiger partial charge in [0.25, 0.3) is 0 Å². The molecule has 1 aromatic carbocycles. The standard InChI is InChI=1S/C22H32N2/c1-6-9-10-18-11-12-19-17(4)16-22(7-2,8-3)21-23(5)13-14-24(21)20(19)15-18/h11-16,21H,6-10H2,1-5H3. The number of benzene rings is 1. The van der Waals surface area contributed by atoms with Crippen LogP contribution in [0.4, 0.5) is 5.69 Å². The van der Waals surface area contributed by atoms with Crippen molar-refractivity contribution in [3.8, 4) is 0 Å². The Kier molecular flexibility index (Phi) is 4.76. The van der Waals surface area contributed by atoms with Crippen molar-refractivity contribution in [3.63, 3.8) is 0 Å². The Morgan fingerprint density at radius 2 is 1.83 bits per heavy atom. The highest BCUT2D eigenvalue weighted by Crippen LogP contribution is 2.47. The van der Waals surface area contributed by atoms with Gasteiger partial charge < -0.3 is 9.80 Å². The van der Waals surface area contributed by atoms with Gasteiger partial charge in [0.1, 0.15) is 6.17 Å². The quantitative estimate of drug-likeness (QED) is 0.675. The molecule has 0 bridgehead atoms. The maximum atomic E-state index is 2.55. The minimum atomic E-state index is 0.185. The number of hydrogen-bond donors (Lipinski definition) is 0. The van der Waals surface area contributed by atoms with E-state index < -0.39 is 0 Å². The number of allylic oxidation sites excluding steroid dienone is 1. The molecule has 130 valence electrons. The van der Waals surface area contributed by atoms with Crippen LogP contribution in [0.5, 0.6) is 0 Å². The van der Waals surface area contributed by atoms with Crippen molar-refractivity contribution >= 4 is 11.3 Å². The maximum absolute atomic E-state index is 2.55. The van der Waals surface area contributed by atoms with Gasteiger partial charge in [0.2, 0.25) is 0 Å². The molecule has 2 heterocycles. The highest BCUT2D eigenvalue weighted by molar-refractivity contribution is 5.80. The molecule has 0 spiro atoms. The van der Waals surface area contributed by atoms with E-state index in [1.807, 2.05) is 0 Å². The summed E-state index contributed by atoms with van der Waals surface area (Å²) < 4.78 is 0. The minimum absolute atomic E-state index is 0.185. The van der Waals surface area contributed by atoms with Crippen LogP contribution in [0.2, 0.25) is 0 Å². The van der Waals surface area contributed by atoms with Crippen LogP contribution in [0.15, 0.2) is 36.7 Å². The third-order valence-electron chi connectivity index (χ3n) is 6.03. The van der Waals surface area contributed by atoms with Crippen molar-refractivity contribution in [1.29, 1.82) is 0 Å². The topological polar surface area (TPSA) is 6.48 Å². The molecule has 0 aliphatic carbocycles. The van der Waals surface area contributed by atoms with Crippen LogP contribution in [0.1, 0.15) is 64.5 Å². The van der Waals surface area contributed by atoms with Crippen LogP contribution in [-0.2, 0) is 6.42 Å². The lowest BCUT2D eigenvalue weighted by Crippen LogP contribution is -2.49. The van der Waals surface area contributed by atoms with Crippen LogP contribution < -0.4 is 4.90 Å². The van der Waals surface area contributed by atoms with Gasteiger partial charge >= 0.3 is 0 Å². The zero-order valence-corrected chi connectivity index (χ0v) is 16.0. The van der Waals surface area contributed by atoms with E-state index in [-0.39, 0.29) is 5.41 Å². The number of unbranched alkanes of at least 4 members (excludes halogenated alkanes) is 1. The molecular formula is C22H32N2. The molecule has 0 aromatic heterocycles. The number of anilines is 1. The van der Waals surface area contributed by atoms with Gasteiger partial charge in [0.05, 0.1) is 5.69 Å². The number of aryl methyl sites for hydroxylation is 1. The summed E-state index contributed by atoms with van der Waals surface area (Å²) >= 11 is 0. The summed E-state index contributed by atoms with van der Waals surface area (Å²) in [6, 6.07) is 7.10. The summed E-state index contributed by atoms with van der Waals surface area (Å²) in [5, 5.41) is 0. The average molecular weight is 325 g/mol. The Balaban J connectivity index is 2.12. The van der Waals surface area contributed by atoms with Crippen molar-refractivity contribution < 1.29 is 0 Å². The molecule has 1 aromatic rings. The predicted octanol–water partition coefficient (Wildman–Crippen LogP) is 5.80. The monoisotopic (exact) mass is 324 g/mol. The first kappa shape index (κ1) is 17.1. The second-order valence-corrected chi connectivity index (χ2v) is 7.47. The third-order valence-corrected chi connectivity index (χ3v) is 6.03. The molecule has 3 rings (SSSR count). The van der Waals surface area contributed by atoms with E-state index in [0.717, 1.165) is 12.8 Å². The van der Waals surface area contributed by atoms with Gasteiger partial charge in [-0.15, -0.1) is 0 Å². The number of rotatable bonds is 5. The number of fused-ring (bicyclic) bond motifs is 3. The SMILES string of the molecule is CCCCc1ccc2c(c1)N1C=CN(C)C1C(CC)(CC)C=C2C. The fraction of sp³-hybridized carbons (Fsp3) is 0.545. The van der Waals surface area contributed by atoms with Crippen molar-refractivity contribution in [2.24, 2.45) is 5.41 Å². The molecule has 0 amide bonds. The lowest BCUT2D eigenvalue weighted by atomic mass is 9.77. The molecule has 0 saturated carbocycles. The van der Waals surface area contributed by atoms with Gasteiger partial charge in [-0.3, -0.25) is 0 Å². The lowest BCUT2D eigenvalue weighted by Gasteiger charge is -2.43. The van der Waals surface area contributed by atoms with Crippen LogP contribution in [0.3, 0.4) is 0 Å². The molecule has 1 unspecified atom stereocenters. The second-order valence-electron chi connectivity index (χ2n) is 7.47. The first-order valence-electron chi connectivity index (χ1n) is 9.57. The van der Waals surface area contributed by atoms with E-state index in [1.54, 1.807) is 0 Å². The van der Waals surface area contributed by atoms with Crippen molar-refractivity contribution in [2.75, 3.05) is 11.9 Å². The minimum Gasteiger partial charge on any atom is -0.358 e. The highest BCUT2D eigenvalue weighted by Gasteiger charge is 2.44. The van der Waals surface area contributed by atoms with E-state index in [1.165, 1.54) is 41.6 Å². The summed E-state index contributed by atoms with van der Waals surface area (Å²) in [6.45, 7) is 9.22. The van der Waals surface area contributed by atoms with Crippen molar-refractivity contribution in [3.05, 3.63) is 47.8 Å². The fourth-order valence-electron chi connectivity index (χ4n) is 4.49. The summed E-state index contributed by atoms with van der Waals surface area (Å²) in [7, 11) is 2.22. The van der Waals surface area contributed by atoms with Crippen LogP contribution in [0, 0.1) is 5.41 Å². The van der Waals surface area contributed by atoms with Gasteiger partial charge in [0.15, 0.2) is 0 Å².